The first-order valence-electron chi connectivity index (χ1n) is 9.81. The maximum Gasteiger partial charge on any atom is 0.235 e. The summed E-state index contributed by atoms with van der Waals surface area (Å²) in [6, 6.07) is 6.79. The minimum Gasteiger partial charge on any atom is -0.507 e. The fraction of sp³-hybridized carbons (Fsp3) is 0.273. The van der Waals surface area contributed by atoms with Crippen LogP contribution in [0.1, 0.15) is 15.9 Å². The smallest absolute Gasteiger partial charge is 0.235 e. The molecule has 8 heteroatoms. The number of nitrogens with zero attached hydrogens (tertiary/aromatic N) is 3. The van der Waals surface area contributed by atoms with Gasteiger partial charge in [-0.05, 0) is 24.3 Å². The van der Waals surface area contributed by atoms with Crippen LogP contribution in [0, 0.1) is 0 Å². The van der Waals surface area contributed by atoms with Crippen molar-refractivity contribution in [2.75, 3.05) is 24.6 Å². The number of pyridine rings is 1. The number of hydrogen-bond donors (Lipinski definition) is 1. The first-order chi connectivity index (χ1) is 14.6. The Bertz CT molecular complexity index is 1220. The Kier molecular flexibility index (Phi) is 3.68. The number of aromatic nitrogens is 2. The molecule has 5 heterocycles. The number of benzene rings is 1. The summed E-state index contributed by atoms with van der Waals surface area (Å²) in [4.78, 5) is 19.6. The van der Waals surface area contributed by atoms with E-state index in [0.717, 1.165) is 28.8 Å². The van der Waals surface area contributed by atoms with Gasteiger partial charge < -0.3 is 28.8 Å². The lowest BCUT2D eigenvalue weighted by atomic mass is 10.1. The second-order valence-corrected chi connectivity index (χ2v) is 7.74. The van der Waals surface area contributed by atoms with Crippen LogP contribution in [-0.2, 0) is 16.5 Å². The van der Waals surface area contributed by atoms with E-state index < -0.39 is 0 Å². The van der Waals surface area contributed by atoms with Gasteiger partial charge in [-0.2, -0.15) is 0 Å². The SMILES string of the molecule is Cn1cc(/C=C2\Oc3cccc(O)c3C2=O)c2c(N3CC4COC(C3)O4)ccnc21. The highest BCUT2D eigenvalue weighted by Gasteiger charge is 2.36. The lowest BCUT2D eigenvalue weighted by Crippen LogP contribution is -2.43. The largest absolute Gasteiger partial charge is 0.507 e. The minimum atomic E-state index is -0.330. The predicted molar refractivity (Wildman–Crippen MR) is 109 cm³/mol. The molecule has 2 aromatic heterocycles. The molecule has 0 saturated carbocycles. The fourth-order valence-electron chi connectivity index (χ4n) is 4.45. The Labute approximate surface area is 171 Å². The number of hydrogen-bond acceptors (Lipinski definition) is 7. The van der Waals surface area contributed by atoms with E-state index >= 15 is 0 Å². The number of anilines is 1. The van der Waals surface area contributed by atoms with Crippen LogP contribution in [0.2, 0.25) is 0 Å². The van der Waals surface area contributed by atoms with Gasteiger partial charge in [0.25, 0.3) is 0 Å². The predicted octanol–water partition coefficient (Wildman–Crippen LogP) is 2.46. The molecule has 2 unspecified atom stereocenters. The van der Waals surface area contributed by atoms with E-state index in [4.69, 9.17) is 14.2 Å². The van der Waals surface area contributed by atoms with E-state index in [0.29, 0.717) is 18.9 Å². The molecule has 3 aromatic rings. The van der Waals surface area contributed by atoms with E-state index in [1.165, 1.54) is 6.07 Å². The summed E-state index contributed by atoms with van der Waals surface area (Å²) in [6.45, 7) is 1.97. The van der Waals surface area contributed by atoms with Crippen LogP contribution >= 0.6 is 0 Å². The highest BCUT2D eigenvalue weighted by molar-refractivity contribution is 6.17. The van der Waals surface area contributed by atoms with Crippen molar-refractivity contribution in [2.24, 2.45) is 7.05 Å². The van der Waals surface area contributed by atoms with E-state index in [-0.39, 0.29) is 35.2 Å². The van der Waals surface area contributed by atoms with Gasteiger partial charge in [0.2, 0.25) is 5.78 Å². The zero-order valence-corrected chi connectivity index (χ0v) is 16.2. The van der Waals surface area contributed by atoms with Crippen LogP contribution in [0.5, 0.6) is 11.5 Å². The number of Topliss-reactive ketones (excluding diaryl/α,β-unsaturated/α-hetero) is 1. The number of ether oxygens (including phenoxy) is 3. The molecule has 2 atom stereocenters. The third kappa shape index (κ3) is 2.54. The maximum atomic E-state index is 12.8. The molecule has 6 rings (SSSR count). The van der Waals surface area contributed by atoms with Gasteiger partial charge in [-0.1, -0.05) is 6.07 Å². The molecule has 2 fully saturated rings. The van der Waals surface area contributed by atoms with Gasteiger partial charge in [0.05, 0.1) is 18.8 Å². The minimum absolute atomic E-state index is 0.0506. The number of carbonyl (C=O) groups is 1. The van der Waals surface area contributed by atoms with Gasteiger partial charge in [0.15, 0.2) is 12.0 Å². The topological polar surface area (TPSA) is 86.1 Å². The fourth-order valence-corrected chi connectivity index (χ4v) is 4.45. The number of morpholine rings is 1. The lowest BCUT2D eigenvalue weighted by Gasteiger charge is -2.32. The number of aryl methyl sites for hydroxylation is 1. The molecule has 3 aliphatic rings. The summed E-state index contributed by atoms with van der Waals surface area (Å²) in [6.07, 6.45) is 5.27. The first kappa shape index (κ1) is 17.5. The molecular weight excluding hydrogens is 386 g/mol. The summed E-state index contributed by atoms with van der Waals surface area (Å²) >= 11 is 0. The number of ketones is 1. The van der Waals surface area contributed by atoms with Crippen molar-refractivity contribution in [3.63, 3.8) is 0 Å². The van der Waals surface area contributed by atoms with Crippen molar-refractivity contribution in [3.05, 3.63) is 53.5 Å². The van der Waals surface area contributed by atoms with Crippen molar-refractivity contribution in [2.45, 2.75) is 12.4 Å². The molecule has 30 heavy (non-hydrogen) atoms. The molecule has 1 aromatic carbocycles. The highest BCUT2D eigenvalue weighted by atomic mass is 16.7. The third-order valence-corrected chi connectivity index (χ3v) is 5.77. The van der Waals surface area contributed by atoms with Crippen LogP contribution < -0.4 is 9.64 Å². The van der Waals surface area contributed by atoms with Crippen LogP contribution in [0.25, 0.3) is 17.1 Å². The summed E-state index contributed by atoms with van der Waals surface area (Å²) < 4.78 is 19.1. The zero-order valence-electron chi connectivity index (χ0n) is 16.2. The maximum absolute atomic E-state index is 12.8. The zero-order chi connectivity index (χ0) is 20.4. The molecule has 152 valence electrons. The summed E-state index contributed by atoms with van der Waals surface area (Å²) in [5.74, 6) is 0.138. The van der Waals surface area contributed by atoms with Crippen molar-refractivity contribution in [3.8, 4) is 11.5 Å². The quantitative estimate of drug-likeness (QED) is 0.656. The number of phenols is 1. The number of phenolic OH excluding ortho intramolecular Hbond substituents is 1. The van der Waals surface area contributed by atoms with Crippen LogP contribution in [0.15, 0.2) is 42.4 Å². The molecule has 2 bridgehead atoms. The molecule has 2 saturated heterocycles. The van der Waals surface area contributed by atoms with E-state index in [1.807, 2.05) is 23.9 Å². The van der Waals surface area contributed by atoms with Gasteiger partial charge in [-0.25, -0.2) is 4.98 Å². The normalized spacial score (nSPS) is 24.0. The standard InChI is InChI=1S/C22H19N3O5/c1-24-8-12(7-17-21(27)20-15(26)3-2-4-16(20)30-17)19-14(5-6-23-22(19)24)25-9-13-11-28-18(10-25)29-13/h2-8,13,18,26H,9-11H2,1H3/b17-7-. The van der Waals surface area contributed by atoms with Gasteiger partial charge in [0, 0.05) is 36.9 Å². The molecule has 0 aliphatic carbocycles. The molecule has 3 aliphatic heterocycles. The van der Waals surface area contributed by atoms with Crippen molar-refractivity contribution in [1.29, 1.82) is 0 Å². The van der Waals surface area contributed by atoms with E-state index in [9.17, 15) is 9.90 Å². The Morgan fingerprint density at radius 2 is 2.17 bits per heavy atom. The summed E-state index contributed by atoms with van der Waals surface area (Å²) in [5.41, 5.74) is 2.85. The number of fused-ring (bicyclic) bond motifs is 4. The summed E-state index contributed by atoms with van der Waals surface area (Å²) in [5, 5.41) is 11.0. The second-order valence-electron chi connectivity index (χ2n) is 7.74. The second kappa shape index (κ2) is 6.32. The first-order valence-corrected chi connectivity index (χ1v) is 9.81. The van der Waals surface area contributed by atoms with Crippen LogP contribution in [0.3, 0.4) is 0 Å². The van der Waals surface area contributed by atoms with Gasteiger partial charge in [-0.15, -0.1) is 0 Å². The number of carbonyl (C=O) groups excluding carboxylic acids is 1. The molecular formula is C22H19N3O5. The van der Waals surface area contributed by atoms with E-state index in [1.54, 1.807) is 24.4 Å². The average Bonchev–Trinajstić information content (AvgIpc) is 3.36. The molecule has 0 spiro atoms. The van der Waals surface area contributed by atoms with Crippen molar-refractivity contribution >= 4 is 28.6 Å². The monoisotopic (exact) mass is 405 g/mol. The molecule has 1 N–H and O–H groups in total. The molecule has 0 amide bonds. The van der Waals surface area contributed by atoms with Gasteiger partial charge in [0.1, 0.15) is 28.8 Å². The van der Waals surface area contributed by atoms with Crippen LogP contribution in [-0.4, -0.2) is 52.5 Å². The van der Waals surface area contributed by atoms with Gasteiger partial charge >= 0.3 is 0 Å². The lowest BCUT2D eigenvalue weighted by molar-refractivity contribution is -0.0624. The molecule has 0 radical (unpaired) electrons. The number of allylic oxidation sites excluding steroid dienone is 1. The van der Waals surface area contributed by atoms with Gasteiger partial charge in [-0.3, -0.25) is 4.79 Å². The van der Waals surface area contributed by atoms with Crippen molar-refractivity contribution in [1.82, 2.24) is 9.55 Å². The summed E-state index contributed by atoms with van der Waals surface area (Å²) in [7, 11) is 1.92. The molecule has 8 nitrogen and oxygen atoms in total. The average molecular weight is 405 g/mol. The highest BCUT2D eigenvalue weighted by Crippen LogP contribution is 2.39. The number of rotatable bonds is 2. The Morgan fingerprint density at radius 3 is 3.00 bits per heavy atom. The Morgan fingerprint density at radius 1 is 1.27 bits per heavy atom. The van der Waals surface area contributed by atoms with E-state index in [2.05, 4.69) is 9.88 Å². The Balaban J connectivity index is 1.46. The number of aromatic hydroxyl groups is 1. The van der Waals surface area contributed by atoms with Crippen molar-refractivity contribution < 1.29 is 24.1 Å². The Hall–Kier alpha value is -3.36. The third-order valence-electron chi connectivity index (χ3n) is 5.77. The van der Waals surface area contributed by atoms with Crippen LogP contribution in [0.4, 0.5) is 5.69 Å².